The Hall–Kier alpha value is -1.82. The van der Waals surface area contributed by atoms with E-state index in [1.807, 2.05) is 6.92 Å². The normalized spacial score (nSPS) is 12.1. The van der Waals surface area contributed by atoms with E-state index in [9.17, 15) is 13.2 Å². The molecule has 0 radical (unpaired) electrons. The van der Waals surface area contributed by atoms with Crippen LogP contribution in [-0.4, -0.2) is 47.3 Å². The zero-order chi connectivity index (χ0) is 20.9. The van der Waals surface area contributed by atoms with Crippen LogP contribution in [0.2, 0.25) is 18.1 Å². The molecule has 1 rings (SSSR count). The van der Waals surface area contributed by atoms with E-state index in [0.29, 0.717) is 0 Å². The van der Waals surface area contributed by atoms with E-state index in [1.54, 1.807) is 12.1 Å². The summed E-state index contributed by atoms with van der Waals surface area (Å²) >= 11 is 0. The monoisotopic (exact) mass is 411 g/mol. The Labute approximate surface area is 164 Å². The summed E-state index contributed by atoms with van der Waals surface area (Å²) < 4.78 is 37.3. The Morgan fingerprint density at radius 2 is 1.74 bits per heavy atom. The first-order valence-corrected chi connectivity index (χ1v) is 13.0. The summed E-state index contributed by atoms with van der Waals surface area (Å²) in [6.45, 7) is 12.6. The van der Waals surface area contributed by atoms with E-state index in [0.717, 1.165) is 9.87 Å². The maximum Gasteiger partial charge on any atom is 0.385 e. The Bertz CT molecular complexity index is 814. The number of hydrogen-bond acceptors (Lipinski definition) is 5. The van der Waals surface area contributed by atoms with Crippen molar-refractivity contribution in [3.8, 4) is 12.0 Å². The second-order valence-corrected chi connectivity index (χ2v) is 14.4. The summed E-state index contributed by atoms with van der Waals surface area (Å²) in [6, 6.07) is 8.87. The number of esters is 1. The molecule has 0 saturated heterocycles. The molecule has 150 valence electrons. The van der Waals surface area contributed by atoms with Crippen LogP contribution in [0.25, 0.3) is 0 Å². The molecule has 1 aromatic rings. The van der Waals surface area contributed by atoms with Crippen molar-refractivity contribution in [2.75, 3.05) is 20.3 Å². The van der Waals surface area contributed by atoms with Gasteiger partial charge >= 0.3 is 5.97 Å². The molecule has 1 aromatic carbocycles. The quantitative estimate of drug-likeness (QED) is 0.311. The van der Waals surface area contributed by atoms with Gasteiger partial charge in [-0.25, -0.2) is 17.5 Å². The standard InChI is InChI=1S/C19H29NO5SSi/c1-16-8-10-17(11-9-16)26(22,23)20(13-12-18(21)24-5)14-15-25-27(6,7)19(2,3)4/h8-11H,14-15H2,1-7H3. The summed E-state index contributed by atoms with van der Waals surface area (Å²) in [6.07, 6.45) is 0. The summed E-state index contributed by atoms with van der Waals surface area (Å²) in [4.78, 5) is 11.5. The molecule has 0 aliphatic rings. The van der Waals surface area contributed by atoms with Crippen LogP contribution in [-0.2, 0) is 24.0 Å². The maximum absolute atomic E-state index is 12.9. The lowest BCUT2D eigenvalue weighted by molar-refractivity contribution is -0.133. The van der Waals surface area contributed by atoms with Crippen molar-refractivity contribution in [1.29, 1.82) is 0 Å². The summed E-state index contributed by atoms with van der Waals surface area (Å²) in [5.41, 5.74) is 0.947. The minimum absolute atomic E-state index is 0.00531. The van der Waals surface area contributed by atoms with Gasteiger partial charge in [0.05, 0.1) is 25.2 Å². The van der Waals surface area contributed by atoms with Crippen molar-refractivity contribution in [2.45, 2.75) is 50.7 Å². The van der Waals surface area contributed by atoms with Gasteiger partial charge in [0.15, 0.2) is 8.32 Å². The van der Waals surface area contributed by atoms with E-state index >= 15 is 0 Å². The molecule has 0 aliphatic heterocycles. The van der Waals surface area contributed by atoms with Crippen LogP contribution >= 0.6 is 0 Å². The number of carbonyl (C=O) groups excluding carboxylic acids is 1. The fourth-order valence-corrected chi connectivity index (χ4v) is 4.08. The third-order valence-corrected chi connectivity index (χ3v) is 10.9. The predicted molar refractivity (Wildman–Crippen MR) is 108 cm³/mol. The Morgan fingerprint density at radius 3 is 2.22 bits per heavy atom. The molecule has 27 heavy (non-hydrogen) atoms. The van der Waals surface area contributed by atoms with E-state index in [-0.39, 0.29) is 23.1 Å². The van der Waals surface area contributed by atoms with Crippen LogP contribution in [0.15, 0.2) is 29.2 Å². The number of sulfonamides is 1. The maximum atomic E-state index is 12.9. The molecule has 0 N–H and O–H groups in total. The molecule has 0 fully saturated rings. The first-order chi connectivity index (χ1) is 12.3. The first-order valence-electron chi connectivity index (χ1n) is 8.64. The van der Waals surface area contributed by atoms with Gasteiger partial charge in [0.25, 0.3) is 10.0 Å². The van der Waals surface area contributed by atoms with Gasteiger partial charge in [-0.1, -0.05) is 38.5 Å². The Balaban J connectivity index is 3.08. The molecule has 6 nitrogen and oxygen atoms in total. The molecule has 0 spiro atoms. The second-order valence-electron chi connectivity index (χ2n) is 7.73. The summed E-state index contributed by atoms with van der Waals surface area (Å²) in [7, 11) is -4.73. The highest BCUT2D eigenvalue weighted by Crippen LogP contribution is 2.36. The number of nitrogens with zero attached hydrogens (tertiary/aromatic N) is 1. The van der Waals surface area contributed by atoms with Crippen LogP contribution in [0.1, 0.15) is 26.3 Å². The van der Waals surface area contributed by atoms with Gasteiger partial charge in [0, 0.05) is 12.0 Å². The van der Waals surface area contributed by atoms with Gasteiger partial charge < -0.3 is 9.16 Å². The van der Waals surface area contributed by atoms with E-state index in [4.69, 9.17) is 4.43 Å². The van der Waals surface area contributed by atoms with Crippen LogP contribution < -0.4 is 0 Å². The molecular formula is C19H29NO5SSi. The van der Waals surface area contributed by atoms with Gasteiger partial charge in [-0.2, -0.15) is 0 Å². The second kappa shape index (κ2) is 8.91. The number of methoxy groups -OCH3 is 1. The number of carbonyl (C=O) groups is 1. The lowest BCUT2D eigenvalue weighted by Crippen LogP contribution is -2.43. The minimum Gasteiger partial charge on any atom is -0.459 e. The van der Waals surface area contributed by atoms with Gasteiger partial charge in [-0.05, 0) is 37.2 Å². The summed E-state index contributed by atoms with van der Waals surface area (Å²) in [5, 5.41) is 0.00531. The van der Waals surface area contributed by atoms with Crippen LogP contribution in [0.3, 0.4) is 0 Å². The predicted octanol–water partition coefficient (Wildman–Crippen LogP) is 3.14. The lowest BCUT2D eigenvalue weighted by atomic mass is 10.2. The third-order valence-electron chi connectivity index (χ3n) is 4.64. The molecule has 0 aromatic heterocycles. The van der Waals surface area contributed by atoms with Crippen LogP contribution in [0, 0.1) is 18.9 Å². The first kappa shape index (κ1) is 23.2. The number of aryl methyl sites for hydroxylation is 1. The Morgan fingerprint density at radius 1 is 1.19 bits per heavy atom. The average Bonchev–Trinajstić information content (AvgIpc) is 2.56. The largest absolute Gasteiger partial charge is 0.459 e. The molecule has 0 heterocycles. The van der Waals surface area contributed by atoms with Gasteiger partial charge in [-0.3, -0.25) is 0 Å². The van der Waals surface area contributed by atoms with Crippen molar-refractivity contribution in [3.63, 3.8) is 0 Å². The van der Waals surface area contributed by atoms with Crippen LogP contribution in [0.5, 0.6) is 0 Å². The minimum atomic E-state index is -3.89. The van der Waals surface area contributed by atoms with Gasteiger partial charge in [0.2, 0.25) is 0 Å². The molecule has 0 aliphatic carbocycles. The van der Waals surface area contributed by atoms with E-state index in [1.165, 1.54) is 19.2 Å². The zero-order valence-corrected chi connectivity index (χ0v) is 18.9. The van der Waals surface area contributed by atoms with Gasteiger partial charge in [0.1, 0.15) is 0 Å². The fourth-order valence-electron chi connectivity index (χ4n) is 1.83. The SMILES string of the molecule is COC(=O)C#CN(CCO[Si](C)(C)C(C)(C)C)S(=O)(=O)c1ccc(C)cc1. The van der Waals surface area contributed by atoms with Crippen molar-refractivity contribution >= 4 is 24.3 Å². The fraction of sp³-hybridized carbons (Fsp3) is 0.526. The highest BCUT2D eigenvalue weighted by atomic mass is 32.2. The van der Waals surface area contributed by atoms with Crippen molar-refractivity contribution in [2.24, 2.45) is 0 Å². The molecular weight excluding hydrogens is 382 g/mol. The summed E-state index contributed by atoms with van der Waals surface area (Å²) in [5.74, 6) is 1.39. The number of ether oxygens (including phenoxy) is 1. The highest BCUT2D eigenvalue weighted by Gasteiger charge is 2.37. The van der Waals surface area contributed by atoms with Crippen molar-refractivity contribution in [1.82, 2.24) is 4.31 Å². The number of hydrogen-bond donors (Lipinski definition) is 0. The zero-order valence-electron chi connectivity index (χ0n) is 17.1. The smallest absolute Gasteiger partial charge is 0.385 e. The average molecular weight is 412 g/mol. The lowest BCUT2D eigenvalue weighted by Gasteiger charge is -2.36. The van der Waals surface area contributed by atoms with Crippen molar-refractivity contribution < 1.29 is 22.4 Å². The molecule has 0 saturated carbocycles. The van der Waals surface area contributed by atoms with Gasteiger partial charge in [-0.15, -0.1) is 0 Å². The molecule has 0 bridgehead atoms. The molecule has 0 amide bonds. The van der Waals surface area contributed by atoms with E-state index in [2.05, 4.69) is 50.6 Å². The van der Waals surface area contributed by atoms with E-state index < -0.39 is 24.3 Å². The number of rotatable bonds is 6. The Kier molecular flexibility index (Phi) is 7.66. The molecule has 0 atom stereocenters. The highest BCUT2D eigenvalue weighted by molar-refractivity contribution is 7.89. The van der Waals surface area contributed by atoms with Crippen LogP contribution in [0.4, 0.5) is 0 Å². The molecule has 0 unspecified atom stereocenters. The third kappa shape index (κ3) is 6.38. The number of benzene rings is 1. The molecule has 8 heteroatoms. The topological polar surface area (TPSA) is 72.9 Å². The van der Waals surface area contributed by atoms with Crippen molar-refractivity contribution in [3.05, 3.63) is 29.8 Å².